The maximum absolute atomic E-state index is 3.73. The molecule has 2 bridgehead atoms. The van der Waals surface area contributed by atoms with Gasteiger partial charge in [-0.3, -0.25) is 4.90 Å². The van der Waals surface area contributed by atoms with Crippen LogP contribution in [0, 0.1) is 11.3 Å². The summed E-state index contributed by atoms with van der Waals surface area (Å²) >= 11 is 0. The van der Waals surface area contributed by atoms with E-state index in [4.69, 9.17) is 0 Å². The molecule has 2 heteroatoms. The van der Waals surface area contributed by atoms with Crippen molar-refractivity contribution in [3.05, 3.63) is 35.9 Å². The standard InChI is InChI=1S/C19H30N2/c1-4-20-18(16-8-6-5-7-9-16)19(2,3)14-21-13-15-10-11-17(21)12-15/h5-9,15,17-18,20H,4,10-14H2,1-3H3. The van der Waals surface area contributed by atoms with E-state index in [9.17, 15) is 0 Å². The van der Waals surface area contributed by atoms with Gasteiger partial charge >= 0.3 is 0 Å². The second-order valence-corrected chi connectivity index (χ2v) is 7.65. The first kappa shape index (κ1) is 15.1. The first-order valence-corrected chi connectivity index (χ1v) is 8.62. The van der Waals surface area contributed by atoms with Crippen LogP contribution in [0.5, 0.6) is 0 Å². The molecular weight excluding hydrogens is 256 g/mol. The van der Waals surface area contributed by atoms with Crippen LogP contribution in [-0.2, 0) is 0 Å². The number of benzene rings is 1. The quantitative estimate of drug-likeness (QED) is 0.854. The molecule has 1 aliphatic carbocycles. The Kier molecular flexibility index (Phi) is 4.37. The fourth-order valence-electron chi connectivity index (χ4n) is 4.53. The van der Waals surface area contributed by atoms with Gasteiger partial charge in [-0.05, 0) is 42.7 Å². The fourth-order valence-corrected chi connectivity index (χ4v) is 4.53. The summed E-state index contributed by atoms with van der Waals surface area (Å²) in [6.45, 7) is 10.6. The molecule has 3 unspecified atom stereocenters. The lowest BCUT2D eigenvalue weighted by atomic mass is 9.79. The zero-order chi connectivity index (χ0) is 14.9. The van der Waals surface area contributed by atoms with Crippen LogP contribution in [-0.4, -0.2) is 30.6 Å². The summed E-state index contributed by atoms with van der Waals surface area (Å²) in [6, 6.07) is 12.3. The molecule has 0 amide bonds. The van der Waals surface area contributed by atoms with Gasteiger partial charge in [0.1, 0.15) is 0 Å². The van der Waals surface area contributed by atoms with Crippen molar-refractivity contribution in [3.63, 3.8) is 0 Å². The van der Waals surface area contributed by atoms with Gasteiger partial charge in [0.2, 0.25) is 0 Å². The largest absolute Gasteiger partial charge is 0.310 e. The minimum Gasteiger partial charge on any atom is -0.310 e. The number of piperidine rings is 1. The Bertz CT molecular complexity index is 454. The van der Waals surface area contributed by atoms with Crippen LogP contribution < -0.4 is 5.32 Å². The van der Waals surface area contributed by atoms with Crippen LogP contribution in [0.3, 0.4) is 0 Å². The number of likely N-dealkylation sites (tertiary alicyclic amines) is 1. The zero-order valence-electron chi connectivity index (χ0n) is 13.8. The molecule has 0 spiro atoms. The molecule has 1 aromatic rings. The SMILES string of the molecule is CCNC(c1ccccc1)C(C)(C)CN1CC2CCC1C2. The number of hydrogen-bond acceptors (Lipinski definition) is 2. The minimum absolute atomic E-state index is 0.252. The van der Waals surface area contributed by atoms with Crippen LogP contribution >= 0.6 is 0 Å². The average Bonchev–Trinajstić information content (AvgIpc) is 3.07. The van der Waals surface area contributed by atoms with E-state index in [1.54, 1.807) is 0 Å². The first-order chi connectivity index (χ1) is 10.1. The number of nitrogens with zero attached hydrogens (tertiary/aromatic N) is 1. The van der Waals surface area contributed by atoms with E-state index in [0.717, 1.165) is 18.5 Å². The highest BCUT2D eigenvalue weighted by Gasteiger charge is 2.41. The van der Waals surface area contributed by atoms with E-state index >= 15 is 0 Å². The van der Waals surface area contributed by atoms with Crippen molar-refractivity contribution < 1.29 is 0 Å². The highest BCUT2D eigenvalue weighted by atomic mass is 15.2. The summed E-state index contributed by atoms with van der Waals surface area (Å²) in [5.74, 6) is 0.986. The molecule has 3 atom stereocenters. The van der Waals surface area contributed by atoms with Crippen molar-refractivity contribution >= 4 is 0 Å². The third kappa shape index (κ3) is 3.17. The Hall–Kier alpha value is -0.860. The molecular formula is C19H30N2. The van der Waals surface area contributed by atoms with Gasteiger partial charge in [0, 0.05) is 25.2 Å². The van der Waals surface area contributed by atoms with Gasteiger partial charge in [-0.1, -0.05) is 51.1 Å². The molecule has 2 nitrogen and oxygen atoms in total. The second kappa shape index (κ2) is 6.10. The molecule has 0 aromatic heterocycles. The smallest absolute Gasteiger partial charge is 0.0384 e. The van der Waals surface area contributed by atoms with E-state index in [2.05, 4.69) is 61.3 Å². The van der Waals surface area contributed by atoms with E-state index in [1.165, 1.54) is 37.9 Å². The van der Waals surface area contributed by atoms with Crippen LogP contribution in [0.2, 0.25) is 0 Å². The lowest BCUT2D eigenvalue weighted by Crippen LogP contribution is -2.45. The Balaban J connectivity index is 1.74. The molecule has 3 rings (SSSR count). The van der Waals surface area contributed by atoms with Crippen molar-refractivity contribution in [3.8, 4) is 0 Å². The topological polar surface area (TPSA) is 15.3 Å². The fraction of sp³-hybridized carbons (Fsp3) is 0.684. The lowest BCUT2D eigenvalue weighted by Gasteiger charge is -2.41. The summed E-state index contributed by atoms with van der Waals surface area (Å²) in [7, 11) is 0. The van der Waals surface area contributed by atoms with Crippen molar-refractivity contribution in [1.29, 1.82) is 0 Å². The van der Waals surface area contributed by atoms with Crippen molar-refractivity contribution in [1.82, 2.24) is 10.2 Å². The van der Waals surface area contributed by atoms with E-state index in [-0.39, 0.29) is 5.41 Å². The summed E-state index contributed by atoms with van der Waals surface area (Å²) in [5.41, 5.74) is 1.68. The molecule has 2 aliphatic rings. The number of rotatable bonds is 6. The van der Waals surface area contributed by atoms with E-state index in [0.29, 0.717) is 6.04 Å². The summed E-state index contributed by atoms with van der Waals surface area (Å²) in [6.07, 6.45) is 4.35. The summed E-state index contributed by atoms with van der Waals surface area (Å²) in [5, 5.41) is 3.73. The summed E-state index contributed by atoms with van der Waals surface area (Å²) in [4.78, 5) is 2.77. The molecule has 116 valence electrons. The number of nitrogens with one attached hydrogen (secondary N) is 1. The van der Waals surface area contributed by atoms with Gasteiger partial charge in [-0.25, -0.2) is 0 Å². The Morgan fingerprint density at radius 1 is 1.24 bits per heavy atom. The molecule has 1 aromatic carbocycles. The molecule has 1 heterocycles. The van der Waals surface area contributed by atoms with Gasteiger partial charge in [0.05, 0.1) is 0 Å². The predicted octanol–water partition coefficient (Wildman–Crippen LogP) is 3.85. The third-order valence-corrected chi connectivity index (χ3v) is 5.46. The first-order valence-electron chi connectivity index (χ1n) is 8.62. The summed E-state index contributed by atoms with van der Waals surface area (Å²) < 4.78 is 0. The third-order valence-electron chi connectivity index (χ3n) is 5.46. The Morgan fingerprint density at radius 2 is 2.00 bits per heavy atom. The van der Waals surface area contributed by atoms with Crippen LogP contribution in [0.1, 0.15) is 51.6 Å². The van der Waals surface area contributed by atoms with Crippen LogP contribution in [0.4, 0.5) is 0 Å². The van der Waals surface area contributed by atoms with E-state index < -0.39 is 0 Å². The van der Waals surface area contributed by atoms with Gasteiger partial charge in [0.25, 0.3) is 0 Å². The predicted molar refractivity (Wildman–Crippen MR) is 89.3 cm³/mol. The normalized spacial score (nSPS) is 27.2. The van der Waals surface area contributed by atoms with Crippen molar-refractivity contribution in [2.24, 2.45) is 11.3 Å². The molecule has 21 heavy (non-hydrogen) atoms. The van der Waals surface area contributed by atoms with Gasteiger partial charge in [0.15, 0.2) is 0 Å². The average molecular weight is 286 g/mol. The Morgan fingerprint density at radius 3 is 2.57 bits per heavy atom. The molecule has 0 radical (unpaired) electrons. The molecule has 1 N–H and O–H groups in total. The minimum atomic E-state index is 0.252. The van der Waals surface area contributed by atoms with Gasteiger partial charge in [-0.2, -0.15) is 0 Å². The second-order valence-electron chi connectivity index (χ2n) is 7.65. The monoisotopic (exact) mass is 286 g/mol. The van der Waals surface area contributed by atoms with Crippen molar-refractivity contribution in [2.45, 2.75) is 52.1 Å². The van der Waals surface area contributed by atoms with Crippen molar-refractivity contribution in [2.75, 3.05) is 19.6 Å². The molecule has 1 saturated carbocycles. The van der Waals surface area contributed by atoms with Gasteiger partial charge < -0.3 is 5.32 Å². The maximum atomic E-state index is 3.73. The lowest BCUT2D eigenvalue weighted by molar-refractivity contribution is 0.111. The van der Waals surface area contributed by atoms with Crippen LogP contribution in [0.25, 0.3) is 0 Å². The van der Waals surface area contributed by atoms with Crippen LogP contribution in [0.15, 0.2) is 30.3 Å². The van der Waals surface area contributed by atoms with Gasteiger partial charge in [-0.15, -0.1) is 0 Å². The molecule has 1 aliphatic heterocycles. The highest BCUT2D eigenvalue weighted by molar-refractivity contribution is 5.21. The highest BCUT2D eigenvalue weighted by Crippen LogP contribution is 2.41. The Labute approximate surface area is 129 Å². The van der Waals surface area contributed by atoms with E-state index in [1.807, 2.05) is 0 Å². The molecule has 2 fully saturated rings. The maximum Gasteiger partial charge on any atom is 0.0384 e. The number of hydrogen-bond donors (Lipinski definition) is 1. The zero-order valence-corrected chi connectivity index (χ0v) is 13.8. The molecule has 1 saturated heterocycles. The number of fused-ring (bicyclic) bond motifs is 2.